The number of nitrogens with one attached hydrogen (secondary N) is 1. The van der Waals surface area contributed by atoms with E-state index in [1.165, 1.54) is 11.0 Å². The SMILES string of the molecule is CCCCNC(=O)[C@H](C)N(Cc1ccccc1F)C(=O)COc1ccc(Br)c(C)c1. The topological polar surface area (TPSA) is 58.6 Å². The van der Waals surface area contributed by atoms with E-state index in [0.29, 0.717) is 17.9 Å². The molecule has 162 valence electrons. The van der Waals surface area contributed by atoms with E-state index < -0.39 is 17.8 Å². The standard InChI is InChI=1S/C23H28BrFN2O3/c1-4-5-12-26-23(29)17(3)27(14-18-8-6-7-9-21(18)25)22(28)15-30-19-10-11-20(24)16(2)13-19/h6-11,13,17H,4-5,12,14-15H2,1-3H3,(H,26,29)/t17-/m0/s1. The fourth-order valence-electron chi connectivity index (χ4n) is 2.86. The van der Waals surface area contributed by atoms with Crippen molar-refractivity contribution in [1.29, 1.82) is 0 Å². The summed E-state index contributed by atoms with van der Waals surface area (Å²) in [6, 6.07) is 10.9. The van der Waals surface area contributed by atoms with Crippen molar-refractivity contribution in [2.45, 2.75) is 46.2 Å². The number of aryl methyl sites for hydroxylation is 1. The zero-order valence-electron chi connectivity index (χ0n) is 17.6. The summed E-state index contributed by atoms with van der Waals surface area (Å²) in [7, 11) is 0. The molecule has 0 aliphatic carbocycles. The molecule has 30 heavy (non-hydrogen) atoms. The van der Waals surface area contributed by atoms with Crippen LogP contribution in [0, 0.1) is 12.7 Å². The zero-order valence-corrected chi connectivity index (χ0v) is 19.2. The third-order valence-electron chi connectivity index (χ3n) is 4.79. The van der Waals surface area contributed by atoms with Crippen LogP contribution >= 0.6 is 15.9 Å². The summed E-state index contributed by atoms with van der Waals surface area (Å²) in [4.78, 5) is 26.9. The smallest absolute Gasteiger partial charge is 0.261 e. The molecule has 0 saturated carbocycles. The molecule has 2 amide bonds. The lowest BCUT2D eigenvalue weighted by Gasteiger charge is -2.29. The maximum Gasteiger partial charge on any atom is 0.261 e. The molecule has 0 radical (unpaired) electrons. The molecule has 0 fully saturated rings. The molecule has 0 unspecified atom stereocenters. The van der Waals surface area contributed by atoms with Gasteiger partial charge in [-0.2, -0.15) is 0 Å². The van der Waals surface area contributed by atoms with Crippen LogP contribution in [0.4, 0.5) is 4.39 Å². The molecule has 1 N–H and O–H groups in total. The molecule has 7 heteroatoms. The van der Waals surface area contributed by atoms with E-state index in [0.717, 1.165) is 22.9 Å². The fraction of sp³-hybridized carbons (Fsp3) is 0.391. The summed E-state index contributed by atoms with van der Waals surface area (Å²) < 4.78 is 20.8. The second kappa shape index (κ2) is 11.7. The van der Waals surface area contributed by atoms with Gasteiger partial charge in [0.1, 0.15) is 17.6 Å². The molecule has 1 atom stereocenters. The molecule has 0 heterocycles. The highest BCUT2D eigenvalue weighted by molar-refractivity contribution is 9.10. The number of ether oxygens (including phenoxy) is 1. The maximum atomic E-state index is 14.2. The minimum atomic E-state index is -0.760. The van der Waals surface area contributed by atoms with Crippen LogP contribution < -0.4 is 10.1 Å². The van der Waals surface area contributed by atoms with E-state index >= 15 is 0 Å². The first-order valence-corrected chi connectivity index (χ1v) is 10.8. The second-order valence-electron chi connectivity index (χ2n) is 7.13. The largest absolute Gasteiger partial charge is 0.484 e. The van der Waals surface area contributed by atoms with Gasteiger partial charge in [-0.25, -0.2) is 4.39 Å². The van der Waals surface area contributed by atoms with Gasteiger partial charge in [0.05, 0.1) is 0 Å². The lowest BCUT2D eigenvalue weighted by Crippen LogP contribution is -2.49. The third-order valence-corrected chi connectivity index (χ3v) is 5.68. The average molecular weight is 479 g/mol. The van der Waals surface area contributed by atoms with E-state index in [1.54, 1.807) is 31.2 Å². The lowest BCUT2D eigenvalue weighted by atomic mass is 10.1. The molecule has 2 aromatic carbocycles. The van der Waals surface area contributed by atoms with Gasteiger partial charge in [0.2, 0.25) is 5.91 Å². The van der Waals surface area contributed by atoms with Crippen LogP contribution in [0.5, 0.6) is 5.75 Å². The van der Waals surface area contributed by atoms with Crippen LogP contribution in [0.15, 0.2) is 46.9 Å². The highest BCUT2D eigenvalue weighted by Crippen LogP contribution is 2.22. The van der Waals surface area contributed by atoms with Gasteiger partial charge in [-0.05, 0) is 50.1 Å². The predicted octanol–water partition coefficient (Wildman–Crippen LogP) is 4.61. The van der Waals surface area contributed by atoms with Crippen molar-refractivity contribution in [1.82, 2.24) is 10.2 Å². The fourth-order valence-corrected chi connectivity index (χ4v) is 3.11. The van der Waals surface area contributed by atoms with Crippen LogP contribution in [0.2, 0.25) is 0 Å². The molecule has 0 aliphatic rings. The number of unbranched alkanes of at least 4 members (excludes halogenated alkanes) is 1. The number of benzene rings is 2. The lowest BCUT2D eigenvalue weighted by molar-refractivity contribution is -0.142. The Labute approximate surface area is 185 Å². The third kappa shape index (κ3) is 6.83. The van der Waals surface area contributed by atoms with Gasteiger partial charge >= 0.3 is 0 Å². The van der Waals surface area contributed by atoms with Crippen molar-refractivity contribution in [3.8, 4) is 5.75 Å². The Morgan fingerprint density at radius 3 is 2.63 bits per heavy atom. The van der Waals surface area contributed by atoms with Gasteiger partial charge in [0, 0.05) is 23.1 Å². The molecular weight excluding hydrogens is 451 g/mol. The number of hydrogen-bond acceptors (Lipinski definition) is 3. The van der Waals surface area contributed by atoms with E-state index in [4.69, 9.17) is 4.74 Å². The average Bonchev–Trinajstić information content (AvgIpc) is 2.73. The van der Waals surface area contributed by atoms with Crippen molar-refractivity contribution in [2.24, 2.45) is 0 Å². The summed E-state index contributed by atoms with van der Waals surface area (Å²) in [6.07, 6.45) is 1.80. The van der Waals surface area contributed by atoms with E-state index in [1.807, 2.05) is 26.0 Å². The van der Waals surface area contributed by atoms with Crippen LogP contribution in [-0.2, 0) is 16.1 Å². The first-order valence-electron chi connectivity index (χ1n) is 10.0. The van der Waals surface area contributed by atoms with Gasteiger partial charge in [0.25, 0.3) is 5.91 Å². The molecule has 0 spiro atoms. The summed E-state index contributed by atoms with van der Waals surface area (Å²) >= 11 is 3.43. The first-order chi connectivity index (χ1) is 14.3. The summed E-state index contributed by atoms with van der Waals surface area (Å²) in [5, 5.41) is 2.83. The maximum absolute atomic E-state index is 14.2. The minimum Gasteiger partial charge on any atom is -0.484 e. The van der Waals surface area contributed by atoms with Gasteiger partial charge in [-0.1, -0.05) is 47.5 Å². The Kier molecular flexibility index (Phi) is 9.30. The number of halogens is 2. The Bertz CT molecular complexity index is 875. The van der Waals surface area contributed by atoms with Crippen molar-refractivity contribution < 1.29 is 18.7 Å². The quantitative estimate of drug-likeness (QED) is 0.507. The molecule has 2 aromatic rings. The normalized spacial score (nSPS) is 11.6. The molecule has 0 aliphatic heterocycles. The number of nitrogens with zero attached hydrogens (tertiary/aromatic N) is 1. The number of rotatable bonds is 10. The van der Waals surface area contributed by atoms with Crippen LogP contribution in [0.25, 0.3) is 0 Å². The summed E-state index contributed by atoms with van der Waals surface area (Å²) in [6.45, 7) is 5.87. The van der Waals surface area contributed by atoms with E-state index in [9.17, 15) is 14.0 Å². The van der Waals surface area contributed by atoms with Crippen molar-refractivity contribution in [3.05, 3.63) is 63.9 Å². The molecular formula is C23H28BrFN2O3. The molecule has 0 saturated heterocycles. The van der Waals surface area contributed by atoms with E-state index in [-0.39, 0.29) is 19.1 Å². The first kappa shape index (κ1) is 23.9. The molecule has 0 aromatic heterocycles. The summed E-state index contributed by atoms with van der Waals surface area (Å²) in [5.41, 5.74) is 1.32. The van der Waals surface area contributed by atoms with Gasteiger partial charge < -0.3 is 15.0 Å². The summed E-state index contributed by atoms with van der Waals surface area (Å²) in [5.74, 6) is -0.530. The highest BCUT2D eigenvalue weighted by Gasteiger charge is 2.27. The Hall–Kier alpha value is -2.41. The van der Waals surface area contributed by atoms with Crippen LogP contribution in [0.1, 0.15) is 37.8 Å². The number of hydrogen-bond donors (Lipinski definition) is 1. The Balaban J connectivity index is 2.14. The van der Waals surface area contributed by atoms with Gasteiger partial charge in [0.15, 0.2) is 6.61 Å². The number of amides is 2. The Morgan fingerprint density at radius 1 is 1.23 bits per heavy atom. The van der Waals surface area contributed by atoms with Gasteiger partial charge in [-0.15, -0.1) is 0 Å². The monoisotopic (exact) mass is 478 g/mol. The highest BCUT2D eigenvalue weighted by atomic mass is 79.9. The second-order valence-corrected chi connectivity index (χ2v) is 7.99. The number of carbonyl (C=O) groups is 2. The number of carbonyl (C=O) groups excluding carboxylic acids is 2. The zero-order chi connectivity index (χ0) is 22.1. The molecule has 0 bridgehead atoms. The minimum absolute atomic E-state index is 0.0173. The van der Waals surface area contributed by atoms with E-state index in [2.05, 4.69) is 21.2 Å². The van der Waals surface area contributed by atoms with Crippen molar-refractivity contribution in [2.75, 3.05) is 13.2 Å². The van der Waals surface area contributed by atoms with Crippen molar-refractivity contribution >= 4 is 27.7 Å². The van der Waals surface area contributed by atoms with Crippen LogP contribution in [0.3, 0.4) is 0 Å². The molecule has 5 nitrogen and oxygen atoms in total. The Morgan fingerprint density at radius 2 is 1.97 bits per heavy atom. The predicted molar refractivity (Wildman–Crippen MR) is 119 cm³/mol. The van der Waals surface area contributed by atoms with Crippen molar-refractivity contribution in [3.63, 3.8) is 0 Å². The molecule has 2 rings (SSSR count). The van der Waals surface area contributed by atoms with Gasteiger partial charge in [-0.3, -0.25) is 9.59 Å². The van der Waals surface area contributed by atoms with Crippen LogP contribution in [-0.4, -0.2) is 35.9 Å².